The minimum atomic E-state index is -0.0788. The van der Waals surface area contributed by atoms with E-state index in [0.717, 1.165) is 31.7 Å². The molecule has 0 aromatic carbocycles. The molecule has 0 bridgehead atoms. The number of pyridine rings is 1. The first-order chi connectivity index (χ1) is 8.77. The second kappa shape index (κ2) is 8.47. The Morgan fingerprint density at radius 3 is 2.94 bits per heavy atom. The van der Waals surface area contributed by atoms with Crippen molar-refractivity contribution in [1.82, 2.24) is 10.3 Å². The van der Waals surface area contributed by atoms with Crippen LogP contribution in [-0.4, -0.2) is 37.7 Å². The molecule has 0 saturated carbocycles. The molecular formula is C13H21N3O2. The molecular weight excluding hydrogens is 230 g/mol. The van der Waals surface area contributed by atoms with Crippen LogP contribution in [0.5, 0.6) is 0 Å². The van der Waals surface area contributed by atoms with Crippen LogP contribution in [0.1, 0.15) is 30.1 Å². The molecule has 1 rings (SSSR count). The lowest BCUT2D eigenvalue weighted by molar-refractivity contribution is 0.0953. The predicted octanol–water partition coefficient (Wildman–Crippen LogP) is 1.67. The van der Waals surface area contributed by atoms with Crippen LogP contribution in [0.2, 0.25) is 0 Å². The Morgan fingerprint density at radius 1 is 1.39 bits per heavy atom. The molecule has 0 saturated heterocycles. The van der Waals surface area contributed by atoms with Crippen molar-refractivity contribution >= 4 is 11.6 Å². The van der Waals surface area contributed by atoms with Crippen LogP contribution in [0.3, 0.4) is 0 Å². The first-order valence-electron chi connectivity index (χ1n) is 6.24. The van der Waals surface area contributed by atoms with Gasteiger partial charge in [0.1, 0.15) is 0 Å². The quantitative estimate of drug-likeness (QED) is 0.690. The topological polar surface area (TPSA) is 63.2 Å². The van der Waals surface area contributed by atoms with Gasteiger partial charge in [-0.25, -0.2) is 0 Å². The predicted molar refractivity (Wildman–Crippen MR) is 71.8 cm³/mol. The first-order valence-corrected chi connectivity index (χ1v) is 6.24. The standard InChI is InChI=1S/C13H21N3O2/c1-3-5-16-13(17)11-8-12(10-14-9-11)15-6-4-7-18-2/h8-10,15H,3-7H2,1-2H3,(H,16,17). The van der Waals surface area contributed by atoms with Crippen LogP contribution in [0, 0.1) is 0 Å². The Labute approximate surface area is 108 Å². The van der Waals surface area contributed by atoms with Crippen molar-refractivity contribution in [3.63, 3.8) is 0 Å². The maximum Gasteiger partial charge on any atom is 0.252 e. The van der Waals surface area contributed by atoms with E-state index in [-0.39, 0.29) is 5.91 Å². The Morgan fingerprint density at radius 2 is 2.22 bits per heavy atom. The summed E-state index contributed by atoms with van der Waals surface area (Å²) in [7, 11) is 1.68. The maximum atomic E-state index is 11.7. The number of nitrogens with zero attached hydrogens (tertiary/aromatic N) is 1. The van der Waals surface area contributed by atoms with Gasteiger partial charge in [-0.1, -0.05) is 6.92 Å². The van der Waals surface area contributed by atoms with E-state index in [1.807, 2.05) is 13.0 Å². The van der Waals surface area contributed by atoms with E-state index in [1.54, 1.807) is 19.5 Å². The van der Waals surface area contributed by atoms with Crippen LogP contribution in [-0.2, 0) is 4.74 Å². The van der Waals surface area contributed by atoms with E-state index in [0.29, 0.717) is 12.1 Å². The summed E-state index contributed by atoms with van der Waals surface area (Å²) in [4.78, 5) is 15.8. The lowest BCUT2D eigenvalue weighted by atomic mass is 10.2. The van der Waals surface area contributed by atoms with Gasteiger partial charge >= 0.3 is 0 Å². The first kappa shape index (κ1) is 14.4. The highest BCUT2D eigenvalue weighted by atomic mass is 16.5. The summed E-state index contributed by atoms with van der Waals surface area (Å²) in [5.74, 6) is -0.0788. The summed E-state index contributed by atoms with van der Waals surface area (Å²) in [6.45, 7) is 4.23. The highest BCUT2D eigenvalue weighted by molar-refractivity contribution is 5.94. The third-order valence-electron chi connectivity index (χ3n) is 2.39. The van der Waals surface area contributed by atoms with Gasteiger partial charge in [-0.15, -0.1) is 0 Å². The van der Waals surface area contributed by atoms with Crippen LogP contribution < -0.4 is 10.6 Å². The van der Waals surface area contributed by atoms with Gasteiger partial charge in [0.15, 0.2) is 0 Å². The average Bonchev–Trinajstić information content (AvgIpc) is 2.41. The summed E-state index contributed by atoms with van der Waals surface area (Å²) >= 11 is 0. The molecule has 0 spiro atoms. The highest BCUT2D eigenvalue weighted by Gasteiger charge is 2.05. The van der Waals surface area contributed by atoms with Gasteiger partial charge < -0.3 is 15.4 Å². The summed E-state index contributed by atoms with van der Waals surface area (Å²) in [5, 5.41) is 6.03. The molecule has 100 valence electrons. The number of methoxy groups -OCH3 is 1. The van der Waals surface area contributed by atoms with E-state index >= 15 is 0 Å². The van der Waals surface area contributed by atoms with Gasteiger partial charge in [0, 0.05) is 39.2 Å². The van der Waals surface area contributed by atoms with E-state index in [4.69, 9.17) is 4.74 Å². The number of carbonyl (C=O) groups is 1. The average molecular weight is 251 g/mol. The molecule has 0 aliphatic carbocycles. The molecule has 0 fully saturated rings. The molecule has 18 heavy (non-hydrogen) atoms. The van der Waals surface area contributed by atoms with Crippen molar-refractivity contribution in [2.24, 2.45) is 0 Å². The number of ether oxygens (including phenoxy) is 1. The van der Waals surface area contributed by atoms with Gasteiger partial charge in [-0.3, -0.25) is 9.78 Å². The summed E-state index contributed by atoms with van der Waals surface area (Å²) in [6.07, 6.45) is 5.13. The molecule has 0 aliphatic heterocycles. The van der Waals surface area contributed by atoms with Crippen molar-refractivity contribution in [2.75, 3.05) is 32.1 Å². The smallest absolute Gasteiger partial charge is 0.252 e. The Hall–Kier alpha value is -1.62. The van der Waals surface area contributed by atoms with Crippen LogP contribution >= 0.6 is 0 Å². The van der Waals surface area contributed by atoms with Gasteiger partial charge in [-0.05, 0) is 18.9 Å². The number of hydrogen-bond acceptors (Lipinski definition) is 4. The number of anilines is 1. The Balaban J connectivity index is 2.48. The fraction of sp³-hybridized carbons (Fsp3) is 0.538. The second-order valence-electron chi connectivity index (χ2n) is 3.99. The largest absolute Gasteiger partial charge is 0.385 e. The maximum absolute atomic E-state index is 11.7. The zero-order chi connectivity index (χ0) is 13.2. The third-order valence-corrected chi connectivity index (χ3v) is 2.39. The number of carbonyl (C=O) groups excluding carboxylic acids is 1. The second-order valence-corrected chi connectivity index (χ2v) is 3.99. The van der Waals surface area contributed by atoms with Gasteiger partial charge in [0.05, 0.1) is 11.3 Å². The van der Waals surface area contributed by atoms with Crippen molar-refractivity contribution in [1.29, 1.82) is 0 Å². The lowest BCUT2D eigenvalue weighted by Gasteiger charge is -2.08. The number of rotatable bonds is 8. The molecule has 0 aliphatic rings. The van der Waals surface area contributed by atoms with Crippen molar-refractivity contribution in [2.45, 2.75) is 19.8 Å². The molecule has 0 atom stereocenters. The molecule has 5 heteroatoms. The molecule has 5 nitrogen and oxygen atoms in total. The fourth-order valence-corrected chi connectivity index (χ4v) is 1.45. The van der Waals surface area contributed by atoms with Gasteiger partial charge in [0.25, 0.3) is 5.91 Å². The molecule has 1 heterocycles. The highest BCUT2D eigenvalue weighted by Crippen LogP contribution is 2.08. The fourth-order valence-electron chi connectivity index (χ4n) is 1.45. The summed E-state index contributed by atoms with van der Waals surface area (Å²) in [5.41, 5.74) is 1.44. The van der Waals surface area contributed by atoms with Crippen molar-refractivity contribution in [3.8, 4) is 0 Å². The van der Waals surface area contributed by atoms with Crippen LogP contribution in [0.25, 0.3) is 0 Å². The van der Waals surface area contributed by atoms with Gasteiger partial charge in [0.2, 0.25) is 0 Å². The summed E-state index contributed by atoms with van der Waals surface area (Å²) in [6, 6.07) is 1.81. The molecule has 2 N–H and O–H groups in total. The van der Waals surface area contributed by atoms with Crippen molar-refractivity contribution < 1.29 is 9.53 Å². The van der Waals surface area contributed by atoms with Gasteiger partial charge in [-0.2, -0.15) is 0 Å². The molecule has 1 aromatic rings. The zero-order valence-corrected chi connectivity index (χ0v) is 11.0. The summed E-state index contributed by atoms with van der Waals surface area (Å²) < 4.78 is 4.97. The van der Waals surface area contributed by atoms with Crippen LogP contribution in [0.15, 0.2) is 18.5 Å². The number of aromatic nitrogens is 1. The van der Waals surface area contributed by atoms with E-state index in [2.05, 4.69) is 15.6 Å². The van der Waals surface area contributed by atoms with E-state index < -0.39 is 0 Å². The molecule has 1 aromatic heterocycles. The molecule has 1 amide bonds. The SMILES string of the molecule is CCCNC(=O)c1cncc(NCCCOC)c1. The zero-order valence-electron chi connectivity index (χ0n) is 11.0. The number of amides is 1. The minimum absolute atomic E-state index is 0.0788. The number of hydrogen-bond donors (Lipinski definition) is 2. The lowest BCUT2D eigenvalue weighted by Crippen LogP contribution is -2.24. The molecule has 0 unspecified atom stereocenters. The Bertz CT molecular complexity index is 369. The Kier molecular flexibility index (Phi) is 6.79. The third kappa shape index (κ3) is 5.14. The number of nitrogens with one attached hydrogen (secondary N) is 2. The van der Waals surface area contributed by atoms with E-state index in [9.17, 15) is 4.79 Å². The normalized spacial score (nSPS) is 10.1. The van der Waals surface area contributed by atoms with Crippen molar-refractivity contribution in [3.05, 3.63) is 24.0 Å². The monoisotopic (exact) mass is 251 g/mol. The van der Waals surface area contributed by atoms with Crippen LogP contribution in [0.4, 0.5) is 5.69 Å². The molecule has 0 radical (unpaired) electrons. The minimum Gasteiger partial charge on any atom is -0.385 e. The van der Waals surface area contributed by atoms with E-state index in [1.165, 1.54) is 0 Å².